The standard InChI is InChI=1S/C15H20BrNO3/c1-9(2)17-5-6-20-10(3)12-7-11(15(18)19-4)8-13(16)14(12)17/h7-10H,5-6H2,1-4H3. The quantitative estimate of drug-likeness (QED) is 0.771. The van der Waals surface area contributed by atoms with E-state index in [9.17, 15) is 4.79 Å². The van der Waals surface area contributed by atoms with Crippen molar-refractivity contribution in [2.75, 3.05) is 25.2 Å². The molecule has 0 spiro atoms. The Balaban J connectivity index is 2.59. The highest BCUT2D eigenvalue weighted by molar-refractivity contribution is 9.10. The van der Waals surface area contributed by atoms with Gasteiger partial charge >= 0.3 is 5.97 Å². The van der Waals surface area contributed by atoms with Gasteiger partial charge in [0.1, 0.15) is 0 Å². The topological polar surface area (TPSA) is 38.8 Å². The maximum absolute atomic E-state index is 11.8. The molecule has 0 fully saturated rings. The summed E-state index contributed by atoms with van der Waals surface area (Å²) in [6.45, 7) is 7.83. The van der Waals surface area contributed by atoms with E-state index in [0.717, 1.165) is 22.3 Å². The number of ether oxygens (including phenoxy) is 2. The number of fused-ring (bicyclic) bond motifs is 1. The lowest BCUT2D eigenvalue weighted by atomic mass is 10.0. The minimum atomic E-state index is -0.332. The lowest BCUT2D eigenvalue weighted by molar-refractivity contribution is 0.0599. The number of methoxy groups -OCH3 is 1. The summed E-state index contributed by atoms with van der Waals surface area (Å²) in [4.78, 5) is 14.1. The van der Waals surface area contributed by atoms with E-state index in [1.165, 1.54) is 7.11 Å². The number of carbonyl (C=O) groups excluding carboxylic acids is 1. The summed E-state index contributed by atoms with van der Waals surface area (Å²) in [6.07, 6.45) is -0.0466. The molecule has 0 saturated heterocycles. The van der Waals surface area contributed by atoms with E-state index >= 15 is 0 Å². The Morgan fingerprint density at radius 1 is 1.50 bits per heavy atom. The molecule has 1 atom stereocenters. The normalized spacial score (nSPS) is 18.7. The lowest BCUT2D eigenvalue weighted by Crippen LogP contribution is -2.33. The first-order chi connectivity index (χ1) is 9.45. The summed E-state index contributed by atoms with van der Waals surface area (Å²) >= 11 is 3.60. The molecule has 4 nitrogen and oxygen atoms in total. The second-order valence-corrected chi connectivity index (χ2v) is 6.04. The molecule has 20 heavy (non-hydrogen) atoms. The third-order valence-electron chi connectivity index (χ3n) is 3.56. The smallest absolute Gasteiger partial charge is 0.337 e. The maximum Gasteiger partial charge on any atom is 0.337 e. The van der Waals surface area contributed by atoms with E-state index in [4.69, 9.17) is 9.47 Å². The number of halogens is 1. The number of rotatable bonds is 2. The first-order valence-corrected chi connectivity index (χ1v) is 7.55. The van der Waals surface area contributed by atoms with Crippen molar-refractivity contribution < 1.29 is 14.3 Å². The second-order valence-electron chi connectivity index (χ2n) is 5.19. The summed E-state index contributed by atoms with van der Waals surface area (Å²) < 4.78 is 11.5. The summed E-state index contributed by atoms with van der Waals surface area (Å²) in [6, 6.07) is 4.05. The molecule has 110 valence electrons. The lowest BCUT2D eigenvalue weighted by Gasteiger charge is -2.30. The SMILES string of the molecule is COC(=O)c1cc(Br)c2c(c1)C(C)OCCN2C(C)C. The van der Waals surface area contributed by atoms with Crippen molar-refractivity contribution in [2.45, 2.75) is 32.9 Å². The van der Waals surface area contributed by atoms with Crippen LogP contribution in [-0.4, -0.2) is 32.3 Å². The van der Waals surface area contributed by atoms with Crippen molar-refractivity contribution in [2.24, 2.45) is 0 Å². The summed E-state index contributed by atoms with van der Waals surface area (Å²) in [5.74, 6) is -0.332. The molecule has 1 aromatic carbocycles. The maximum atomic E-state index is 11.8. The molecule has 1 aliphatic rings. The molecule has 0 saturated carbocycles. The van der Waals surface area contributed by atoms with E-state index in [-0.39, 0.29) is 12.1 Å². The summed E-state index contributed by atoms with van der Waals surface area (Å²) in [5, 5.41) is 0. The van der Waals surface area contributed by atoms with Crippen LogP contribution < -0.4 is 4.90 Å². The first-order valence-electron chi connectivity index (χ1n) is 6.75. The molecule has 0 N–H and O–H groups in total. The Bertz CT molecular complexity index is 516. The van der Waals surface area contributed by atoms with Crippen LogP contribution in [0, 0.1) is 0 Å². The highest BCUT2D eigenvalue weighted by Gasteiger charge is 2.26. The van der Waals surface area contributed by atoms with E-state index in [0.29, 0.717) is 18.2 Å². The van der Waals surface area contributed by atoms with Crippen LogP contribution in [0.4, 0.5) is 5.69 Å². The molecule has 0 aliphatic carbocycles. The zero-order valence-electron chi connectivity index (χ0n) is 12.3. The van der Waals surface area contributed by atoms with Crippen LogP contribution in [0.15, 0.2) is 16.6 Å². The van der Waals surface area contributed by atoms with Crippen molar-refractivity contribution in [1.29, 1.82) is 0 Å². The van der Waals surface area contributed by atoms with Gasteiger partial charge in [-0.3, -0.25) is 0 Å². The van der Waals surface area contributed by atoms with Crippen molar-refractivity contribution in [3.05, 3.63) is 27.7 Å². The van der Waals surface area contributed by atoms with Crippen molar-refractivity contribution in [3.63, 3.8) is 0 Å². The van der Waals surface area contributed by atoms with Crippen LogP contribution in [0.3, 0.4) is 0 Å². The molecule has 1 aromatic rings. The van der Waals surface area contributed by atoms with Crippen LogP contribution in [0.5, 0.6) is 0 Å². The molecule has 5 heteroatoms. The van der Waals surface area contributed by atoms with Crippen LogP contribution in [0.2, 0.25) is 0 Å². The third kappa shape index (κ3) is 2.83. The van der Waals surface area contributed by atoms with Gasteiger partial charge in [0.05, 0.1) is 31.1 Å². The number of hydrogen-bond acceptors (Lipinski definition) is 4. The zero-order valence-corrected chi connectivity index (χ0v) is 13.9. The van der Waals surface area contributed by atoms with Gasteiger partial charge in [0.2, 0.25) is 0 Å². The van der Waals surface area contributed by atoms with E-state index in [2.05, 4.69) is 34.7 Å². The number of nitrogens with zero attached hydrogens (tertiary/aromatic N) is 1. The van der Waals surface area contributed by atoms with Crippen molar-refractivity contribution in [1.82, 2.24) is 0 Å². The fourth-order valence-corrected chi connectivity index (χ4v) is 3.22. The highest BCUT2D eigenvalue weighted by atomic mass is 79.9. The predicted molar refractivity (Wildman–Crippen MR) is 82.3 cm³/mol. The van der Waals surface area contributed by atoms with Crippen molar-refractivity contribution >= 4 is 27.6 Å². The van der Waals surface area contributed by atoms with Gasteiger partial charge in [-0.2, -0.15) is 0 Å². The zero-order chi connectivity index (χ0) is 14.9. The van der Waals surface area contributed by atoms with Gasteiger partial charge < -0.3 is 14.4 Å². The fourth-order valence-electron chi connectivity index (χ4n) is 2.51. The largest absolute Gasteiger partial charge is 0.465 e. The molecule has 0 radical (unpaired) electrons. The van der Waals surface area contributed by atoms with Gasteiger partial charge in [0, 0.05) is 22.6 Å². The molecule has 1 aliphatic heterocycles. The molecule has 1 heterocycles. The molecule has 0 bridgehead atoms. The van der Waals surface area contributed by atoms with Gasteiger partial charge in [0.25, 0.3) is 0 Å². The molecule has 1 unspecified atom stereocenters. The molecular formula is C15H20BrNO3. The Morgan fingerprint density at radius 3 is 2.80 bits per heavy atom. The average Bonchev–Trinajstić information content (AvgIpc) is 2.58. The van der Waals surface area contributed by atoms with E-state index in [1.54, 1.807) is 0 Å². The number of hydrogen-bond donors (Lipinski definition) is 0. The van der Waals surface area contributed by atoms with E-state index < -0.39 is 0 Å². The van der Waals surface area contributed by atoms with Crippen LogP contribution in [0.25, 0.3) is 0 Å². The van der Waals surface area contributed by atoms with Gasteiger partial charge in [0.15, 0.2) is 0 Å². The van der Waals surface area contributed by atoms with Crippen LogP contribution >= 0.6 is 15.9 Å². The van der Waals surface area contributed by atoms with Crippen LogP contribution in [-0.2, 0) is 9.47 Å². The Labute approximate surface area is 128 Å². The van der Waals surface area contributed by atoms with Gasteiger partial charge in [-0.15, -0.1) is 0 Å². The summed E-state index contributed by atoms with van der Waals surface area (Å²) in [5.41, 5.74) is 2.67. The number of carbonyl (C=O) groups is 1. The number of benzene rings is 1. The van der Waals surface area contributed by atoms with Crippen LogP contribution in [0.1, 0.15) is 42.8 Å². The highest BCUT2D eigenvalue weighted by Crippen LogP contribution is 2.39. The average molecular weight is 342 g/mol. The minimum absolute atomic E-state index is 0.0466. The first kappa shape index (κ1) is 15.3. The molecule has 0 amide bonds. The Morgan fingerprint density at radius 2 is 2.20 bits per heavy atom. The second kappa shape index (κ2) is 6.14. The van der Waals surface area contributed by atoms with Gasteiger partial charge in [-0.05, 0) is 48.8 Å². The molecule has 2 rings (SSSR count). The number of esters is 1. The van der Waals surface area contributed by atoms with E-state index in [1.807, 2.05) is 19.1 Å². The summed E-state index contributed by atoms with van der Waals surface area (Å²) in [7, 11) is 1.39. The molecular weight excluding hydrogens is 322 g/mol. The predicted octanol–water partition coefficient (Wildman–Crippen LogP) is 3.54. The monoisotopic (exact) mass is 341 g/mol. The molecule has 0 aromatic heterocycles. The number of anilines is 1. The van der Waals surface area contributed by atoms with Gasteiger partial charge in [-0.25, -0.2) is 4.79 Å². The minimum Gasteiger partial charge on any atom is -0.465 e. The third-order valence-corrected chi connectivity index (χ3v) is 4.17. The van der Waals surface area contributed by atoms with Gasteiger partial charge in [-0.1, -0.05) is 0 Å². The van der Waals surface area contributed by atoms with Crippen molar-refractivity contribution in [3.8, 4) is 0 Å². The fraction of sp³-hybridized carbons (Fsp3) is 0.533. The Hall–Kier alpha value is -1.07. The Kier molecular flexibility index (Phi) is 4.70.